The molecule has 280 valence electrons. The Kier molecular flexibility index (Phi) is 25.6. The van der Waals surface area contributed by atoms with Gasteiger partial charge in [-0.1, -0.05) is 107 Å². The number of allylic oxidation sites excluding steroid dienone is 9. The van der Waals surface area contributed by atoms with Crippen LogP contribution in [0.3, 0.4) is 0 Å². The molecule has 0 saturated heterocycles. The SMILES string of the molecule is C#C.C=C.C=C/C=C(C=C)\C=C/C(C)[C@H](CN)NC(=C)C(/C=C(\C)C(C)NCc1cccc(CNC2=C(N)C(=C)C2=C)c1)=NC(=C)C.CN=C(C)C. The van der Waals surface area contributed by atoms with Crippen molar-refractivity contribution in [2.45, 2.75) is 66.7 Å². The zero-order chi connectivity index (χ0) is 40.4. The summed E-state index contributed by atoms with van der Waals surface area (Å²) in [7, 11) is 1.79. The predicted octanol–water partition coefficient (Wildman–Crippen LogP) is 8.54. The summed E-state index contributed by atoms with van der Waals surface area (Å²) in [4.78, 5) is 8.49. The van der Waals surface area contributed by atoms with E-state index in [1.165, 1.54) is 11.1 Å². The van der Waals surface area contributed by atoms with Gasteiger partial charge in [0, 0.05) is 61.3 Å². The molecule has 3 atom stereocenters. The van der Waals surface area contributed by atoms with E-state index < -0.39 is 0 Å². The third-order valence-corrected chi connectivity index (χ3v) is 7.84. The number of hydrogen-bond acceptors (Lipinski definition) is 7. The predicted molar refractivity (Wildman–Crippen MR) is 233 cm³/mol. The summed E-state index contributed by atoms with van der Waals surface area (Å²) in [5.41, 5.74) is 23.2. The molecule has 7 N–H and O–H groups in total. The van der Waals surface area contributed by atoms with Crippen molar-refractivity contribution >= 4 is 11.4 Å². The normalized spacial score (nSPS) is 14.4. The maximum atomic E-state index is 6.15. The van der Waals surface area contributed by atoms with Crippen molar-refractivity contribution in [2.24, 2.45) is 27.4 Å². The van der Waals surface area contributed by atoms with Gasteiger partial charge >= 0.3 is 0 Å². The molecule has 0 spiro atoms. The summed E-state index contributed by atoms with van der Waals surface area (Å²) >= 11 is 0. The molecule has 1 aliphatic rings. The molecule has 1 aliphatic carbocycles. The number of nitrogens with two attached hydrogens (primary N) is 2. The van der Waals surface area contributed by atoms with Crippen LogP contribution in [0.15, 0.2) is 168 Å². The first-order valence-electron chi connectivity index (χ1n) is 17.1. The first-order valence-corrected chi connectivity index (χ1v) is 17.1. The Morgan fingerprint density at radius 3 is 2.04 bits per heavy atom. The van der Waals surface area contributed by atoms with Gasteiger partial charge in [0.1, 0.15) is 0 Å². The lowest BCUT2D eigenvalue weighted by molar-refractivity contribution is 0.481. The van der Waals surface area contributed by atoms with Gasteiger partial charge in [0.15, 0.2) is 0 Å². The van der Waals surface area contributed by atoms with Crippen LogP contribution in [0.1, 0.15) is 52.7 Å². The Morgan fingerprint density at radius 2 is 1.56 bits per heavy atom. The second-order valence-corrected chi connectivity index (χ2v) is 12.1. The highest BCUT2D eigenvalue weighted by atomic mass is 15.0. The lowest BCUT2D eigenvalue weighted by atomic mass is 9.90. The molecule has 2 rings (SSSR count). The Bertz CT molecular complexity index is 1590. The molecular formula is C45H65N7. The van der Waals surface area contributed by atoms with Crippen molar-refractivity contribution in [3.8, 4) is 12.8 Å². The third kappa shape index (κ3) is 18.0. The fourth-order valence-electron chi connectivity index (χ4n) is 4.40. The maximum Gasteiger partial charge on any atom is 0.0857 e. The molecular weight excluding hydrogens is 639 g/mol. The van der Waals surface area contributed by atoms with E-state index in [4.69, 9.17) is 11.5 Å². The average molecular weight is 704 g/mol. The first kappa shape index (κ1) is 48.7. The van der Waals surface area contributed by atoms with E-state index in [0.29, 0.717) is 36.7 Å². The summed E-state index contributed by atoms with van der Waals surface area (Å²) in [5.74, 6) is 0.138. The fourth-order valence-corrected chi connectivity index (χ4v) is 4.40. The van der Waals surface area contributed by atoms with Crippen LogP contribution in [0.5, 0.6) is 0 Å². The van der Waals surface area contributed by atoms with Gasteiger partial charge < -0.3 is 27.4 Å². The molecule has 0 fully saturated rings. The molecule has 1 aromatic carbocycles. The van der Waals surface area contributed by atoms with Gasteiger partial charge in [-0.25, -0.2) is 0 Å². The van der Waals surface area contributed by atoms with Crippen molar-refractivity contribution in [3.63, 3.8) is 0 Å². The quantitative estimate of drug-likeness (QED) is 0.0455. The van der Waals surface area contributed by atoms with Crippen LogP contribution in [-0.4, -0.2) is 37.1 Å². The Balaban J connectivity index is 0. The van der Waals surface area contributed by atoms with Crippen molar-refractivity contribution in [2.75, 3.05) is 13.6 Å². The van der Waals surface area contributed by atoms with Gasteiger partial charge in [-0.05, 0) is 63.3 Å². The monoisotopic (exact) mass is 704 g/mol. The number of terminal acetylenes is 1. The van der Waals surface area contributed by atoms with Crippen molar-refractivity contribution in [3.05, 3.63) is 170 Å². The summed E-state index contributed by atoms with van der Waals surface area (Å²) in [6, 6.07) is 8.53. The fraction of sp³-hybridized carbons (Fsp3) is 0.289. The molecule has 0 aliphatic heterocycles. The van der Waals surface area contributed by atoms with Crippen LogP contribution < -0.4 is 27.4 Å². The van der Waals surface area contributed by atoms with Crippen LogP contribution in [0, 0.1) is 18.8 Å². The second kappa shape index (κ2) is 27.3. The van der Waals surface area contributed by atoms with Gasteiger partial charge in [0.05, 0.1) is 22.8 Å². The van der Waals surface area contributed by atoms with Crippen LogP contribution in [0.2, 0.25) is 0 Å². The molecule has 7 heteroatoms. The van der Waals surface area contributed by atoms with Crippen molar-refractivity contribution in [1.82, 2.24) is 16.0 Å². The van der Waals surface area contributed by atoms with Crippen LogP contribution in [-0.2, 0) is 13.1 Å². The Labute approximate surface area is 316 Å². The molecule has 0 heterocycles. The third-order valence-electron chi connectivity index (χ3n) is 7.84. The number of nitrogens with one attached hydrogen (secondary N) is 3. The minimum Gasteiger partial charge on any atom is -0.397 e. The number of nitrogens with zero attached hydrogens (tertiary/aromatic N) is 2. The smallest absolute Gasteiger partial charge is 0.0857 e. The minimum atomic E-state index is -0.0335. The molecule has 2 unspecified atom stereocenters. The van der Waals surface area contributed by atoms with E-state index in [-0.39, 0.29) is 18.0 Å². The molecule has 0 saturated carbocycles. The topological polar surface area (TPSA) is 113 Å². The Morgan fingerprint density at radius 1 is 0.981 bits per heavy atom. The molecule has 0 aromatic heterocycles. The van der Waals surface area contributed by atoms with Gasteiger partial charge in [-0.3, -0.25) is 9.98 Å². The van der Waals surface area contributed by atoms with E-state index in [0.717, 1.165) is 39.4 Å². The highest BCUT2D eigenvalue weighted by Gasteiger charge is 2.23. The van der Waals surface area contributed by atoms with Gasteiger partial charge in [0.25, 0.3) is 0 Å². The van der Waals surface area contributed by atoms with Gasteiger partial charge in [-0.2, -0.15) is 0 Å². The second-order valence-electron chi connectivity index (χ2n) is 12.1. The van der Waals surface area contributed by atoms with Crippen molar-refractivity contribution in [1.29, 1.82) is 0 Å². The minimum absolute atomic E-state index is 0.0335. The summed E-state index contributed by atoms with van der Waals surface area (Å²) < 4.78 is 0. The summed E-state index contributed by atoms with van der Waals surface area (Å²) in [6.07, 6.45) is 19.6. The van der Waals surface area contributed by atoms with E-state index in [9.17, 15) is 0 Å². The number of benzene rings is 1. The highest BCUT2D eigenvalue weighted by Crippen LogP contribution is 2.31. The van der Waals surface area contributed by atoms with E-state index in [1.54, 1.807) is 19.2 Å². The zero-order valence-electron chi connectivity index (χ0n) is 33.0. The van der Waals surface area contributed by atoms with Gasteiger partial charge in [-0.15, -0.1) is 26.0 Å². The largest absolute Gasteiger partial charge is 0.397 e. The number of aliphatic imine (C=N–C) groups is 2. The van der Waals surface area contributed by atoms with E-state index in [1.807, 2.05) is 32.9 Å². The highest BCUT2D eigenvalue weighted by molar-refractivity contribution is 6.08. The zero-order valence-corrected chi connectivity index (χ0v) is 33.0. The summed E-state index contributed by atoms with van der Waals surface area (Å²) in [5, 5.41) is 10.5. The average Bonchev–Trinajstić information content (AvgIpc) is 3.15. The molecule has 0 amide bonds. The lowest BCUT2D eigenvalue weighted by Crippen LogP contribution is -2.41. The molecule has 7 nitrogen and oxygen atoms in total. The number of hydrogen-bond donors (Lipinski definition) is 5. The van der Waals surface area contributed by atoms with E-state index >= 15 is 0 Å². The standard InChI is InChI=1S/C37H50N6.C4H9N.C2H4.C2H2/c1-11-14-31(12-2)18-17-25(5)35(21-38)43-30(10)34(42-24(3)4)19-26(6)29(9)40-22-32-15-13-16-33(20-32)23-41-37-28(8)27(7)36(37)39;1-4(2)5-3;2*1-2/h11-20,25,29,35,40-41,43H,1-3,7-8,10,21-23,38-39H2,4-6,9H3;1-3H3;1-2H2;1-2H/b18-17-,26-19+,31-14-,42-34?;;;/t25?,29?,35-;;;/m0.../s1. The van der Waals surface area contributed by atoms with Crippen LogP contribution >= 0.6 is 0 Å². The summed E-state index contributed by atoms with van der Waals surface area (Å²) in [6.45, 7) is 43.8. The lowest BCUT2D eigenvalue weighted by Gasteiger charge is -2.27. The van der Waals surface area contributed by atoms with Crippen molar-refractivity contribution < 1.29 is 0 Å². The maximum absolute atomic E-state index is 6.15. The Hall–Kier alpha value is -5.42. The number of rotatable bonds is 18. The first-order chi connectivity index (χ1) is 24.7. The van der Waals surface area contributed by atoms with Crippen LogP contribution in [0.4, 0.5) is 0 Å². The van der Waals surface area contributed by atoms with E-state index in [2.05, 4.69) is 149 Å². The molecule has 1 aromatic rings. The molecule has 0 bridgehead atoms. The van der Waals surface area contributed by atoms with Gasteiger partial charge in [0.2, 0.25) is 0 Å². The molecule has 0 radical (unpaired) electrons. The van der Waals surface area contributed by atoms with Crippen LogP contribution in [0.25, 0.3) is 0 Å². The molecule has 52 heavy (non-hydrogen) atoms.